The first kappa shape index (κ1) is 48.1. The van der Waals surface area contributed by atoms with Gasteiger partial charge in [-0.2, -0.15) is 0 Å². The Hall–Kier alpha value is -7.35. The monoisotopic (exact) mass is 930 g/mol. The molecule has 3 aliphatic rings. The van der Waals surface area contributed by atoms with Gasteiger partial charge in [0.25, 0.3) is 0 Å². The Morgan fingerprint density at radius 3 is 1.97 bits per heavy atom. The summed E-state index contributed by atoms with van der Waals surface area (Å²) in [5.41, 5.74) is 12.3. The fraction of sp³-hybridized carbons (Fsp3) is 0.364. The third-order valence-electron chi connectivity index (χ3n) is 11.6. The van der Waals surface area contributed by atoms with Crippen molar-refractivity contribution in [2.45, 2.75) is 98.6 Å². The quantitative estimate of drug-likeness (QED) is 0.0865. The van der Waals surface area contributed by atoms with Crippen molar-refractivity contribution < 1.29 is 28.5 Å². The molecule has 5 aromatic rings. The topological polar surface area (TPSA) is 161 Å². The Morgan fingerprint density at radius 1 is 0.783 bits per heavy atom. The van der Waals surface area contributed by atoms with E-state index in [0.717, 1.165) is 67.0 Å². The van der Waals surface area contributed by atoms with Gasteiger partial charge in [-0.15, -0.1) is 0 Å². The van der Waals surface area contributed by atoms with E-state index in [-0.39, 0.29) is 37.4 Å². The molecule has 3 aliphatic heterocycles. The fourth-order valence-corrected chi connectivity index (χ4v) is 8.00. The molecule has 4 aromatic carbocycles. The maximum absolute atomic E-state index is 12.8. The molecule has 1 saturated heterocycles. The maximum atomic E-state index is 12.8. The number of nitrogens with one attached hydrogen (secondary N) is 2. The summed E-state index contributed by atoms with van der Waals surface area (Å²) in [5.74, 6) is 0.753. The van der Waals surface area contributed by atoms with Crippen molar-refractivity contribution in [1.82, 2.24) is 25.5 Å². The predicted octanol–water partition coefficient (Wildman–Crippen LogP) is 10.1. The number of nitrogens with zero attached hydrogens (tertiary/aromatic N) is 6. The van der Waals surface area contributed by atoms with Crippen LogP contribution in [-0.2, 0) is 14.2 Å². The molecule has 1 aromatic heterocycles. The minimum Gasteiger partial charge on any atom is -0.474 e. The molecule has 69 heavy (non-hydrogen) atoms. The Balaban J connectivity index is 1.16. The smallest absolute Gasteiger partial charge is 0.410 e. The summed E-state index contributed by atoms with van der Waals surface area (Å²) in [6.45, 7) is 20.5. The third-order valence-corrected chi connectivity index (χ3v) is 11.6. The van der Waals surface area contributed by atoms with Crippen molar-refractivity contribution in [1.29, 1.82) is 0 Å². The summed E-state index contributed by atoms with van der Waals surface area (Å²) in [6.07, 6.45) is 2.36. The molecule has 14 heteroatoms. The molecule has 0 bridgehead atoms. The highest BCUT2D eigenvalue weighted by atomic mass is 16.6. The second kappa shape index (κ2) is 19.7. The number of carbonyl (C=O) groups is 2. The van der Waals surface area contributed by atoms with Gasteiger partial charge in [0.15, 0.2) is 0 Å². The van der Waals surface area contributed by atoms with E-state index in [1.807, 2.05) is 78.9 Å². The van der Waals surface area contributed by atoms with Crippen molar-refractivity contribution in [3.8, 4) is 39.5 Å². The molecular weight excluding hydrogens is 869 g/mol. The maximum Gasteiger partial charge on any atom is 0.410 e. The number of rotatable bonds is 13. The van der Waals surface area contributed by atoms with Crippen LogP contribution in [0.15, 0.2) is 111 Å². The van der Waals surface area contributed by atoms with E-state index in [0.29, 0.717) is 41.9 Å². The molecule has 4 heterocycles. The zero-order chi connectivity index (χ0) is 49.2. The average Bonchev–Trinajstić information content (AvgIpc) is 4.12. The van der Waals surface area contributed by atoms with Gasteiger partial charge >= 0.3 is 12.2 Å². The van der Waals surface area contributed by atoms with E-state index in [1.54, 1.807) is 18.2 Å². The second-order valence-corrected chi connectivity index (χ2v) is 19.8. The molecule has 1 fully saturated rings. The summed E-state index contributed by atoms with van der Waals surface area (Å²) < 4.78 is 23.8. The van der Waals surface area contributed by atoms with Gasteiger partial charge in [0.2, 0.25) is 11.8 Å². The lowest BCUT2D eigenvalue weighted by atomic mass is 9.88. The number of amides is 2. The molecule has 2 amide bonds. The van der Waals surface area contributed by atoms with Crippen molar-refractivity contribution >= 4 is 30.3 Å². The van der Waals surface area contributed by atoms with Crippen LogP contribution in [0, 0.1) is 27.7 Å². The number of ether oxygens (including phenoxy) is 4. The van der Waals surface area contributed by atoms with Crippen LogP contribution in [0.25, 0.3) is 33.6 Å². The van der Waals surface area contributed by atoms with Crippen molar-refractivity contribution in [2.75, 3.05) is 33.3 Å². The number of aliphatic imine (C=N–C) groups is 3. The lowest BCUT2D eigenvalue weighted by molar-refractivity contribution is -0.0434. The average molecular weight is 931 g/mol. The van der Waals surface area contributed by atoms with E-state index in [2.05, 4.69) is 102 Å². The molecule has 8 rings (SSSR count). The Bertz CT molecular complexity index is 2860. The van der Waals surface area contributed by atoms with E-state index < -0.39 is 17.3 Å². The lowest BCUT2D eigenvalue weighted by Crippen LogP contribution is -2.56. The van der Waals surface area contributed by atoms with Crippen LogP contribution in [0.5, 0.6) is 5.88 Å². The number of alkyl carbamates (subject to hydrolysis) is 1. The number of benzene rings is 4. The van der Waals surface area contributed by atoms with Gasteiger partial charge in [-0.1, -0.05) is 83.9 Å². The first-order valence-electron chi connectivity index (χ1n) is 23.4. The van der Waals surface area contributed by atoms with E-state index in [9.17, 15) is 9.59 Å². The van der Waals surface area contributed by atoms with E-state index in [4.69, 9.17) is 33.9 Å². The van der Waals surface area contributed by atoms with Crippen LogP contribution < -0.4 is 15.4 Å². The normalized spacial score (nSPS) is 17.0. The van der Waals surface area contributed by atoms with Crippen LogP contribution >= 0.6 is 0 Å². The SMILES string of the molecule is CN=Cc1nc(-c2ccc(C)c(-c3cc(C4=NC(OC5CN(C(=O)OC(C)(C)C)C5)=C(C5C=N5)NC4c4ccc(C)cc4)ccc3C)c2)c(-c2ccc(C)cc2)nc1OCCNC(=O)OC(C)(C)C. The summed E-state index contributed by atoms with van der Waals surface area (Å²) in [4.78, 5) is 51.3. The van der Waals surface area contributed by atoms with Crippen LogP contribution in [-0.4, -0.2) is 102 Å². The summed E-state index contributed by atoms with van der Waals surface area (Å²) in [7, 11) is 1.68. The van der Waals surface area contributed by atoms with Crippen molar-refractivity contribution in [3.05, 3.63) is 136 Å². The lowest BCUT2D eigenvalue weighted by Gasteiger charge is -2.40. The number of aryl methyl sites for hydroxylation is 4. The molecular formula is C55H62N8O6. The number of hydrogen-bond acceptors (Lipinski definition) is 12. The first-order chi connectivity index (χ1) is 32.8. The largest absolute Gasteiger partial charge is 0.474 e. The van der Waals surface area contributed by atoms with E-state index >= 15 is 0 Å². The number of hydrogen-bond donors (Lipinski definition) is 2. The zero-order valence-electron chi connectivity index (χ0n) is 41.4. The minimum atomic E-state index is -0.622. The molecule has 2 N–H and O–H groups in total. The minimum absolute atomic E-state index is 0.132. The van der Waals surface area contributed by atoms with Gasteiger partial charge in [-0.3, -0.25) is 9.98 Å². The summed E-state index contributed by atoms with van der Waals surface area (Å²) >= 11 is 0. The van der Waals surface area contributed by atoms with Gasteiger partial charge in [-0.25, -0.2) is 24.5 Å². The van der Waals surface area contributed by atoms with Crippen LogP contribution in [0.4, 0.5) is 9.59 Å². The second-order valence-electron chi connectivity index (χ2n) is 19.8. The molecule has 14 nitrogen and oxygen atoms in total. The fourth-order valence-electron chi connectivity index (χ4n) is 8.00. The van der Waals surface area contributed by atoms with Gasteiger partial charge in [0, 0.05) is 24.4 Å². The first-order valence-corrected chi connectivity index (χ1v) is 23.4. The number of carbonyl (C=O) groups excluding carboxylic acids is 2. The van der Waals surface area contributed by atoms with Crippen LogP contribution in [0.1, 0.15) is 86.7 Å². The van der Waals surface area contributed by atoms with Gasteiger partial charge in [0.1, 0.15) is 47.0 Å². The summed E-state index contributed by atoms with van der Waals surface area (Å²) in [6, 6.07) is 29.0. The van der Waals surface area contributed by atoms with Crippen molar-refractivity contribution in [2.24, 2.45) is 15.0 Å². The molecule has 0 aliphatic carbocycles. The van der Waals surface area contributed by atoms with Gasteiger partial charge in [0.05, 0.1) is 43.3 Å². The molecule has 0 radical (unpaired) electrons. The standard InChI is InChI=1S/C55H62N8O6/c1-32-12-18-36(19-13-32)45-48(62-51(49(60-45)43-29-58-43)67-40-30-63(31-40)53(65)69-55(8,9)10)39-23-17-35(4)42(27-39)41-26-38(22-16-34(41)3)47-46(37-20-14-33(2)15-21-37)61-50(44(59-47)28-56-11)66-25-24-57-52(64)68-54(5,6)7/h12-23,26-29,40,43,45,60H,24-25,30-31H2,1-11H3,(H,57,64). The van der Waals surface area contributed by atoms with E-state index in [1.165, 1.54) is 0 Å². The predicted molar refractivity (Wildman–Crippen MR) is 271 cm³/mol. The van der Waals surface area contributed by atoms with Crippen LogP contribution in [0.3, 0.4) is 0 Å². The molecule has 2 atom stereocenters. The molecule has 0 saturated carbocycles. The molecule has 0 spiro atoms. The van der Waals surface area contributed by atoms with Gasteiger partial charge < -0.3 is 34.5 Å². The van der Waals surface area contributed by atoms with Gasteiger partial charge in [-0.05, 0) is 115 Å². The molecule has 2 unspecified atom stereocenters. The highest BCUT2D eigenvalue weighted by Gasteiger charge is 2.39. The highest BCUT2D eigenvalue weighted by molar-refractivity contribution is 6.07. The number of aromatic nitrogens is 2. The van der Waals surface area contributed by atoms with Crippen LogP contribution in [0.2, 0.25) is 0 Å². The summed E-state index contributed by atoms with van der Waals surface area (Å²) in [5, 5.41) is 6.54. The highest BCUT2D eigenvalue weighted by Crippen LogP contribution is 2.39. The Morgan fingerprint density at radius 2 is 1.36 bits per heavy atom. The number of likely N-dealkylation sites (tertiary alicyclic amines) is 1. The Labute approximate surface area is 405 Å². The Kier molecular flexibility index (Phi) is 13.7. The molecule has 358 valence electrons. The third kappa shape index (κ3) is 11.7. The zero-order valence-corrected chi connectivity index (χ0v) is 41.4. The van der Waals surface area contributed by atoms with Crippen molar-refractivity contribution in [3.63, 3.8) is 0 Å².